The predicted molar refractivity (Wildman–Crippen MR) is 97.5 cm³/mol. The molecule has 0 aliphatic heterocycles. The van der Waals surface area contributed by atoms with Crippen molar-refractivity contribution in [2.75, 3.05) is 6.61 Å². The molecule has 2 rings (SSSR count). The van der Waals surface area contributed by atoms with Crippen LogP contribution in [0.15, 0.2) is 48.5 Å². The smallest absolute Gasteiger partial charge is 0.119 e. The van der Waals surface area contributed by atoms with Crippen molar-refractivity contribution in [2.24, 2.45) is 0 Å². The Morgan fingerprint density at radius 3 is 2.35 bits per heavy atom. The van der Waals surface area contributed by atoms with Crippen LogP contribution in [0.5, 0.6) is 5.75 Å². The summed E-state index contributed by atoms with van der Waals surface area (Å²) in [6.45, 7) is 5.20. The van der Waals surface area contributed by atoms with Gasteiger partial charge in [-0.15, -0.1) is 12.4 Å². The number of ether oxygens (including phenoxy) is 1. The highest BCUT2D eigenvalue weighted by Crippen LogP contribution is 2.19. The average Bonchev–Trinajstić information content (AvgIpc) is 2.53. The first kappa shape index (κ1) is 19.8. The van der Waals surface area contributed by atoms with Gasteiger partial charge in [-0.05, 0) is 37.6 Å². The molecule has 0 radical (unpaired) electrons. The van der Waals surface area contributed by atoms with Crippen molar-refractivity contribution >= 4 is 24.0 Å². The van der Waals surface area contributed by atoms with Gasteiger partial charge in [-0.1, -0.05) is 41.9 Å². The van der Waals surface area contributed by atoms with Crippen molar-refractivity contribution in [3.05, 3.63) is 64.7 Å². The van der Waals surface area contributed by atoms with Crippen molar-refractivity contribution in [2.45, 2.75) is 32.5 Å². The quantitative estimate of drug-likeness (QED) is 0.781. The van der Waals surface area contributed by atoms with Crippen molar-refractivity contribution in [1.82, 2.24) is 5.32 Å². The molecular weight excluding hydrogens is 333 g/mol. The summed E-state index contributed by atoms with van der Waals surface area (Å²) in [6.07, 6.45) is 0. The van der Waals surface area contributed by atoms with Gasteiger partial charge in [-0.2, -0.15) is 0 Å². The largest absolute Gasteiger partial charge is 0.489 e. The fourth-order valence-electron chi connectivity index (χ4n) is 1.88. The van der Waals surface area contributed by atoms with Gasteiger partial charge in [0.25, 0.3) is 0 Å². The van der Waals surface area contributed by atoms with E-state index in [0.29, 0.717) is 13.2 Å². The van der Waals surface area contributed by atoms with Crippen LogP contribution in [0.25, 0.3) is 0 Å². The number of benzene rings is 2. The summed E-state index contributed by atoms with van der Waals surface area (Å²) in [7, 11) is 0. The molecule has 0 spiro atoms. The Hall–Kier alpha value is -1.26. The van der Waals surface area contributed by atoms with E-state index in [1.165, 1.54) is 0 Å². The lowest BCUT2D eigenvalue weighted by atomic mass is 10.1. The fourth-order valence-corrected chi connectivity index (χ4v) is 2.07. The highest BCUT2D eigenvalue weighted by molar-refractivity contribution is 6.31. The highest BCUT2D eigenvalue weighted by Gasteiger charge is 2.14. The van der Waals surface area contributed by atoms with Gasteiger partial charge in [-0.25, -0.2) is 0 Å². The first-order valence-electron chi connectivity index (χ1n) is 7.31. The molecule has 23 heavy (non-hydrogen) atoms. The lowest BCUT2D eigenvalue weighted by Gasteiger charge is -2.23. The van der Waals surface area contributed by atoms with Crippen molar-refractivity contribution in [3.8, 4) is 5.75 Å². The Morgan fingerprint density at radius 2 is 1.74 bits per heavy atom. The number of aliphatic hydroxyl groups is 1. The minimum absolute atomic E-state index is 0. The van der Waals surface area contributed by atoms with Crippen LogP contribution in [-0.4, -0.2) is 17.3 Å². The number of hydrogen-bond donors (Lipinski definition) is 2. The van der Waals surface area contributed by atoms with E-state index in [1.54, 1.807) is 0 Å². The van der Waals surface area contributed by atoms with Crippen molar-refractivity contribution < 1.29 is 9.84 Å². The van der Waals surface area contributed by atoms with Crippen LogP contribution in [-0.2, 0) is 13.2 Å². The van der Waals surface area contributed by atoms with Gasteiger partial charge in [0.05, 0.1) is 6.61 Å². The molecule has 3 nitrogen and oxygen atoms in total. The van der Waals surface area contributed by atoms with E-state index in [9.17, 15) is 5.11 Å². The third-order valence-electron chi connectivity index (χ3n) is 3.44. The number of aliphatic hydroxyl groups excluding tert-OH is 1. The summed E-state index contributed by atoms with van der Waals surface area (Å²) >= 11 is 6.10. The molecule has 2 aromatic carbocycles. The van der Waals surface area contributed by atoms with Gasteiger partial charge in [-0.3, -0.25) is 0 Å². The molecule has 0 unspecified atom stereocenters. The summed E-state index contributed by atoms with van der Waals surface area (Å²) in [4.78, 5) is 0. The van der Waals surface area contributed by atoms with Crippen molar-refractivity contribution in [3.63, 3.8) is 0 Å². The minimum atomic E-state index is -0.279. The average molecular weight is 356 g/mol. The van der Waals surface area contributed by atoms with Crippen LogP contribution >= 0.6 is 24.0 Å². The van der Waals surface area contributed by atoms with Crippen LogP contribution in [0.3, 0.4) is 0 Å². The van der Waals surface area contributed by atoms with Gasteiger partial charge in [0.2, 0.25) is 0 Å². The standard InChI is InChI=1S/C18H22ClNO2.ClH/c1-18(2,13-21)20-11-14-7-9-16(10-8-14)22-12-15-5-3-4-6-17(15)19;/h3-10,20-21H,11-13H2,1-2H3;1H. The number of rotatable bonds is 7. The minimum Gasteiger partial charge on any atom is -0.489 e. The molecule has 0 aromatic heterocycles. The molecule has 0 aliphatic carbocycles. The van der Waals surface area contributed by atoms with Crippen LogP contribution in [0.2, 0.25) is 5.02 Å². The summed E-state index contributed by atoms with van der Waals surface area (Å²) in [5.41, 5.74) is 1.84. The first-order valence-corrected chi connectivity index (χ1v) is 7.69. The monoisotopic (exact) mass is 355 g/mol. The van der Waals surface area contributed by atoms with Crippen LogP contribution < -0.4 is 10.1 Å². The van der Waals surface area contributed by atoms with Gasteiger partial charge in [0.15, 0.2) is 0 Å². The molecule has 0 bridgehead atoms. The topological polar surface area (TPSA) is 41.5 Å². The molecule has 0 amide bonds. The summed E-state index contributed by atoms with van der Waals surface area (Å²) in [5.74, 6) is 0.810. The van der Waals surface area contributed by atoms with E-state index < -0.39 is 0 Å². The maximum absolute atomic E-state index is 9.22. The lowest BCUT2D eigenvalue weighted by molar-refractivity contribution is 0.187. The highest BCUT2D eigenvalue weighted by atomic mass is 35.5. The molecule has 2 aromatic rings. The summed E-state index contributed by atoms with van der Waals surface area (Å²) in [6, 6.07) is 15.6. The van der Waals surface area contributed by atoms with E-state index in [0.717, 1.165) is 21.9 Å². The second-order valence-electron chi connectivity index (χ2n) is 5.92. The maximum Gasteiger partial charge on any atom is 0.119 e. The SMILES string of the molecule is CC(C)(CO)NCc1ccc(OCc2ccccc2Cl)cc1.Cl. The molecule has 0 saturated heterocycles. The zero-order valence-electron chi connectivity index (χ0n) is 13.4. The van der Waals surface area contributed by atoms with Gasteiger partial charge in [0.1, 0.15) is 12.4 Å². The second kappa shape index (κ2) is 9.14. The molecular formula is C18H23Cl2NO2. The van der Waals surface area contributed by atoms with E-state index in [2.05, 4.69) is 5.32 Å². The molecule has 126 valence electrons. The van der Waals surface area contributed by atoms with E-state index in [1.807, 2.05) is 62.4 Å². The fraction of sp³-hybridized carbons (Fsp3) is 0.333. The molecule has 0 fully saturated rings. The Labute approximate surface area is 149 Å². The number of hydrogen-bond acceptors (Lipinski definition) is 3. The lowest BCUT2D eigenvalue weighted by Crippen LogP contribution is -2.42. The molecule has 5 heteroatoms. The molecule has 0 heterocycles. The van der Waals surface area contributed by atoms with Gasteiger partial charge in [0, 0.05) is 22.7 Å². The molecule has 0 aliphatic rings. The Bertz CT molecular complexity index is 600. The van der Waals surface area contributed by atoms with Crippen molar-refractivity contribution in [1.29, 1.82) is 0 Å². The van der Waals surface area contributed by atoms with Crippen LogP contribution in [0, 0.1) is 0 Å². The number of halogens is 2. The third-order valence-corrected chi connectivity index (χ3v) is 3.81. The molecule has 2 N–H and O–H groups in total. The van der Waals surface area contributed by atoms with E-state index in [4.69, 9.17) is 16.3 Å². The first-order chi connectivity index (χ1) is 10.5. The molecule has 0 saturated carbocycles. The molecule has 0 atom stereocenters. The summed E-state index contributed by atoms with van der Waals surface area (Å²) < 4.78 is 5.75. The number of nitrogens with one attached hydrogen (secondary N) is 1. The van der Waals surface area contributed by atoms with Crippen LogP contribution in [0.4, 0.5) is 0 Å². The van der Waals surface area contributed by atoms with E-state index in [-0.39, 0.29) is 24.6 Å². The normalized spacial score (nSPS) is 11.0. The van der Waals surface area contributed by atoms with Crippen LogP contribution in [0.1, 0.15) is 25.0 Å². The Kier molecular flexibility index (Phi) is 7.86. The predicted octanol–water partition coefficient (Wildman–Crippen LogP) is 4.20. The second-order valence-corrected chi connectivity index (χ2v) is 6.33. The Balaban J connectivity index is 0.00000264. The summed E-state index contributed by atoms with van der Waals surface area (Å²) in [5, 5.41) is 13.2. The maximum atomic E-state index is 9.22. The van der Waals surface area contributed by atoms with Gasteiger partial charge < -0.3 is 15.2 Å². The zero-order valence-corrected chi connectivity index (χ0v) is 15.0. The van der Waals surface area contributed by atoms with Gasteiger partial charge >= 0.3 is 0 Å². The Morgan fingerprint density at radius 1 is 1.09 bits per heavy atom. The third kappa shape index (κ3) is 6.40. The van der Waals surface area contributed by atoms with E-state index >= 15 is 0 Å². The zero-order chi connectivity index (χ0) is 16.0.